The molecule has 5 rings (SSSR count). The van der Waals surface area contributed by atoms with E-state index in [9.17, 15) is 9.59 Å². The Morgan fingerprint density at radius 3 is 2.56 bits per heavy atom. The van der Waals surface area contributed by atoms with Gasteiger partial charge in [0.1, 0.15) is 15.8 Å². The Morgan fingerprint density at radius 2 is 1.83 bits per heavy atom. The standard InChI is InChI=1S/C28H30N4O2S2/c1-17-9-12-21(13-10-17)29-25-22(26(33)31-16-18(2)11-14-24(31)30-25)15-23-27(34)32(28(35)36-23)19(3)20-7-5-4-6-8-20/h4-8,11,14-17,19,21,29H,9-10,12-13H2,1-3H3. The van der Waals surface area contributed by atoms with Gasteiger partial charge >= 0.3 is 0 Å². The van der Waals surface area contributed by atoms with Crippen LogP contribution in [0.2, 0.25) is 0 Å². The third kappa shape index (κ3) is 4.84. The topological polar surface area (TPSA) is 66.7 Å². The van der Waals surface area contributed by atoms with E-state index in [1.54, 1.807) is 21.6 Å². The number of carbonyl (C=O) groups excluding carboxylic acids is 1. The molecule has 1 aromatic carbocycles. The molecule has 8 heteroatoms. The fourth-order valence-corrected chi connectivity index (χ4v) is 6.32. The van der Waals surface area contributed by atoms with Crippen LogP contribution < -0.4 is 10.9 Å². The first kappa shape index (κ1) is 24.7. The summed E-state index contributed by atoms with van der Waals surface area (Å²) in [5.41, 5.74) is 2.75. The molecule has 1 N–H and O–H groups in total. The molecule has 0 spiro atoms. The quantitative estimate of drug-likeness (QED) is 0.332. The van der Waals surface area contributed by atoms with Gasteiger partial charge < -0.3 is 5.32 Å². The van der Waals surface area contributed by atoms with Gasteiger partial charge in [-0.05, 0) is 68.7 Å². The maximum atomic E-state index is 13.7. The Morgan fingerprint density at radius 1 is 1.11 bits per heavy atom. The van der Waals surface area contributed by atoms with Gasteiger partial charge in [-0.2, -0.15) is 0 Å². The SMILES string of the molecule is Cc1ccc2nc(NC3CCC(C)CC3)c(C=C3SC(=S)N(C(C)c4ccccc4)C3=O)c(=O)n2c1. The number of benzene rings is 1. The number of fused-ring (bicyclic) bond motifs is 1. The van der Waals surface area contributed by atoms with E-state index in [1.165, 1.54) is 11.8 Å². The minimum Gasteiger partial charge on any atom is -0.367 e. The number of rotatable bonds is 5. The number of aromatic nitrogens is 2. The van der Waals surface area contributed by atoms with Gasteiger partial charge in [0.05, 0.1) is 16.5 Å². The highest BCUT2D eigenvalue weighted by molar-refractivity contribution is 8.26. The smallest absolute Gasteiger partial charge is 0.267 e. The van der Waals surface area contributed by atoms with Gasteiger partial charge in [0.2, 0.25) is 0 Å². The molecule has 2 fully saturated rings. The van der Waals surface area contributed by atoms with E-state index in [-0.39, 0.29) is 23.6 Å². The molecule has 1 unspecified atom stereocenters. The van der Waals surface area contributed by atoms with Gasteiger partial charge in [0.15, 0.2) is 0 Å². The number of anilines is 1. The van der Waals surface area contributed by atoms with Gasteiger partial charge in [-0.1, -0.05) is 67.3 Å². The van der Waals surface area contributed by atoms with Crippen molar-refractivity contribution in [2.24, 2.45) is 5.92 Å². The third-order valence-electron chi connectivity index (χ3n) is 7.13. The van der Waals surface area contributed by atoms with Crippen molar-refractivity contribution in [1.82, 2.24) is 14.3 Å². The first-order valence-electron chi connectivity index (χ1n) is 12.4. The molecular weight excluding hydrogens is 488 g/mol. The summed E-state index contributed by atoms with van der Waals surface area (Å²) in [4.78, 5) is 34.1. The van der Waals surface area contributed by atoms with E-state index < -0.39 is 0 Å². The molecule has 3 aromatic rings. The minimum absolute atomic E-state index is 0.187. The van der Waals surface area contributed by atoms with Crippen LogP contribution in [0.4, 0.5) is 5.82 Å². The summed E-state index contributed by atoms with van der Waals surface area (Å²) in [6.45, 7) is 6.19. The molecule has 0 bridgehead atoms. The molecule has 186 valence electrons. The zero-order valence-electron chi connectivity index (χ0n) is 20.7. The fourth-order valence-electron chi connectivity index (χ4n) is 4.92. The molecule has 6 nitrogen and oxygen atoms in total. The predicted molar refractivity (Wildman–Crippen MR) is 151 cm³/mol. The third-order valence-corrected chi connectivity index (χ3v) is 8.46. The van der Waals surface area contributed by atoms with Gasteiger partial charge in [0, 0.05) is 12.2 Å². The Hall–Kier alpha value is -2.97. The van der Waals surface area contributed by atoms with Crippen LogP contribution in [0, 0.1) is 12.8 Å². The number of hydrogen-bond acceptors (Lipinski definition) is 6. The highest BCUT2D eigenvalue weighted by Gasteiger charge is 2.36. The molecule has 1 atom stereocenters. The molecule has 1 saturated heterocycles. The van der Waals surface area contributed by atoms with Gasteiger partial charge in [-0.15, -0.1) is 0 Å². The minimum atomic E-state index is -0.204. The number of amides is 1. The number of thioether (sulfide) groups is 1. The first-order chi connectivity index (χ1) is 17.3. The second-order valence-corrected chi connectivity index (χ2v) is 11.5. The van der Waals surface area contributed by atoms with Crippen LogP contribution in [-0.4, -0.2) is 30.6 Å². The van der Waals surface area contributed by atoms with Gasteiger partial charge in [-0.25, -0.2) is 4.98 Å². The van der Waals surface area contributed by atoms with E-state index >= 15 is 0 Å². The fraction of sp³-hybridized carbons (Fsp3) is 0.357. The molecule has 1 aliphatic heterocycles. The van der Waals surface area contributed by atoms with E-state index in [0.29, 0.717) is 32.2 Å². The average Bonchev–Trinajstić information content (AvgIpc) is 3.16. The summed E-state index contributed by atoms with van der Waals surface area (Å²) in [5, 5.41) is 3.54. The lowest BCUT2D eigenvalue weighted by Crippen LogP contribution is -2.31. The zero-order valence-corrected chi connectivity index (χ0v) is 22.4. The molecular formula is C28H30N4O2S2. The molecule has 1 saturated carbocycles. The predicted octanol–water partition coefficient (Wildman–Crippen LogP) is 5.96. The summed E-state index contributed by atoms with van der Waals surface area (Å²) in [6.07, 6.45) is 7.83. The van der Waals surface area contributed by atoms with Crippen molar-refractivity contribution in [2.75, 3.05) is 5.32 Å². The molecule has 1 aliphatic carbocycles. The number of nitrogens with one attached hydrogen (secondary N) is 1. The van der Waals surface area contributed by atoms with Crippen molar-refractivity contribution in [2.45, 2.75) is 58.5 Å². The molecule has 2 aliphatic rings. The Labute approximate surface area is 220 Å². The van der Waals surface area contributed by atoms with Crippen LogP contribution in [0.15, 0.2) is 58.4 Å². The summed E-state index contributed by atoms with van der Waals surface area (Å²) in [7, 11) is 0. The highest BCUT2D eigenvalue weighted by Crippen LogP contribution is 2.38. The number of hydrogen-bond donors (Lipinski definition) is 1. The van der Waals surface area contributed by atoms with Crippen LogP contribution in [0.3, 0.4) is 0 Å². The van der Waals surface area contributed by atoms with Crippen LogP contribution in [0.5, 0.6) is 0 Å². The Bertz CT molecular complexity index is 1410. The van der Waals surface area contributed by atoms with Gasteiger partial charge in [0.25, 0.3) is 11.5 Å². The summed E-state index contributed by atoms with van der Waals surface area (Å²) < 4.78 is 2.05. The van der Waals surface area contributed by atoms with Crippen molar-refractivity contribution >= 4 is 51.7 Å². The van der Waals surface area contributed by atoms with E-state index in [1.807, 2.05) is 56.3 Å². The van der Waals surface area contributed by atoms with E-state index in [4.69, 9.17) is 17.2 Å². The van der Waals surface area contributed by atoms with E-state index in [2.05, 4.69) is 12.2 Å². The highest BCUT2D eigenvalue weighted by atomic mass is 32.2. The van der Waals surface area contributed by atoms with Gasteiger partial charge in [-0.3, -0.25) is 18.9 Å². The second-order valence-electron chi connectivity index (χ2n) is 9.85. The summed E-state index contributed by atoms with van der Waals surface area (Å²) >= 11 is 6.84. The summed E-state index contributed by atoms with van der Waals surface area (Å²) in [6, 6.07) is 13.7. The number of pyridine rings is 1. The average molecular weight is 519 g/mol. The first-order valence-corrected chi connectivity index (χ1v) is 13.7. The van der Waals surface area contributed by atoms with Crippen LogP contribution in [0.1, 0.15) is 62.3 Å². The molecule has 1 amide bonds. The monoisotopic (exact) mass is 518 g/mol. The number of carbonyl (C=O) groups is 1. The lowest BCUT2D eigenvalue weighted by atomic mass is 9.87. The van der Waals surface area contributed by atoms with E-state index in [0.717, 1.165) is 36.8 Å². The maximum absolute atomic E-state index is 13.7. The van der Waals surface area contributed by atoms with Crippen molar-refractivity contribution in [3.8, 4) is 0 Å². The molecule has 3 heterocycles. The number of nitrogens with zero attached hydrogens (tertiary/aromatic N) is 3. The van der Waals surface area contributed by atoms with Crippen molar-refractivity contribution in [1.29, 1.82) is 0 Å². The van der Waals surface area contributed by atoms with Crippen molar-refractivity contribution in [3.05, 3.63) is 80.6 Å². The molecule has 2 aromatic heterocycles. The normalized spacial score (nSPS) is 22.4. The Kier molecular flexibility index (Phi) is 6.99. The lowest BCUT2D eigenvalue weighted by Gasteiger charge is -2.27. The Balaban J connectivity index is 1.54. The van der Waals surface area contributed by atoms with Crippen LogP contribution >= 0.6 is 24.0 Å². The number of aryl methyl sites for hydroxylation is 1. The second kappa shape index (κ2) is 10.2. The van der Waals surface area contributed by atoms with Crippen LogP contribution in [-0.2, 0) is 4.79 Å². The molecule has 0 radical (unpaired) electrons. The lowest BCUT2D eigenvalue weighted by molar-refractivity contribution is -0.123. The van der Waals surface area contributed by atoms with Crippen LogP contribution in [0.25, 0.3) is 11.7 Å². The van der Waals surface area contributed by atoms with Crippen molar-refractivity contribution in [3.63, 3.8) is 0 Å². The van der Waals surface area contributed by atoms with Crippen molar-refractivity contribution < 1.29 is 4.79 Å². The largest absolute Gasteiger partial charge is 0.367 e. The maximum Gasteiger partial charge on any atom is 0.267 e. The summed E-state index contributed by atoms with van der Waals surface area (Å²) in [5.74, 6) is 1.06. The number of thiocarbonyl (C=S) groups is 1. The molecule has 36 heavy (non-hydrogen) atoms. The zero-order chi connectivity index (χ0) is 25.4.